The summed E-state index contributed by atoms with van der Waals surface area (Å²) in [5.41, 5.74) is 3.88. The summed E-state index contributed by atoms with van der Waals surface area (Å²) in [5, 5.41) is 5.12. The second-order valence-electron chi connectivity index (χ2n) is 7.87. The molecule has 0 bridgehead atoms. The molecule has 2 heterocycles. The fraction of sp³-hybridized carbons (Fsp3) is 0.545. The van der Waals surface area contributed by atoms with Gasteiger partial charge in [0.1, 0.15) is 0 Å². The summed E-state index contributed by atoms with van der Waals surface area (Å²) in [7, 11) is 0. The summed E-state index contributed by atoms with van der Waals surface area (Å²) in [6, 6.07) is 6.45. The van der Waals surface area contributed by atoms with E-state index in [1.165, 1.54) is 5.56 Å². The summed E-state index contributed by atoms with van der Waals surface area (Å²) >= 11 is 5.68. The van der Waals surface area contributed by atoms with Gasteiger partial charge in [0.15, 0.2) is 5.11 Å². The average molecular weight is 402 g/mol. The van der Waals surface area contributed by atoms with Crippen molar-refractivity contribution in [2.24, 2.45) is 0 Å². The van der Waals surface area contributed by atoms with Crippen molar-refractivity contribution in [3.63, 3.8) is 0 Å². The third-order valence-corrected chi connectivity index (χ3v) is 6.08. The van der Waals surface area contributed by atoms with Crippen LogP contribution in [0.3, 0.4) is 0 Å². The standard InChI is InChI=1S/C22H31N3O2S/c1-5-15(3)23-22(28)25(13-19-7-6-10-27-19)12-18-11-17-9-8-14(2)16(4)20(17)24-21(18)26/h8-9,11,15,19H,5-7,10,12-13H2,1-4H3,(H,23,28)(H,24,26)/t15-,19+/m1/s1. The van der Waals surface area contributed by atoms with Crippen molar-refractivity contribution in [2.75, 3.05) is 13.2 Å². The maximum atomic E-state index is 12.8. The molecular weight excluding hydrogens is 370 g/mol. The highest BCUT2D eigenvalue weighted by Gasteiger charge is 2.22. The van der Waals surface area contributed by atoms with Gasteiger partial charge < -0.3 is 19.9 Å². The van der Waals surface area contributed by atoms with Crippen molar-refractivity contribution >= 4 is 28.2 Å². The Bertz CT molecular complexity index is 903. The number of aromatic nitrogens is 1. The van der Waals surface area contributed by atoms with Gasteiger partial charge in [-0.05, 0) is 74.8 Å². The second kappa shape index (κ2) is 9.05. The minimum absolute atomic E-state index is 0.0510. The molecule has 0 amide bonds. The van der Waals surface area contributed by atoms with E-state index in [0.29, 0.717) is 24.2 Å². The maximum Gasteiger partial charge on any atom is 0.253 e. The van der Waals surface area contributed by atoms with E-state index in [2.05, 4.69) is 48.1 Å². The van der Waals surface area contributed by atoms with Gasteiger partial charge in [-0.15, -0.1) is 0 Å². The smallest absolute Gasteiger partial charge is 0.253 e. The van der Waals surface area contributed by atoms with Gasteiger partial charge in [0.2, 0.25) is 0 Å². The Balaban J connectivity index is 1.88. The van der Waals surface area contributed by atoms with Crippen molar-refractivity contribution in [3.05, 3.63) is 45.2 Å². The molecule has 1 aliphatic heterocycles. The predicted octanol–water partition coefficient (Wildman–Crippen LogP) is 3.80. The van der Waals surface area contributed by atoms with Crippen LogP contribution in [0.25, 0.3) is 10.9 Å². The van der Waals surface area contributed by atoms with Crippen molar-refractivity contribution in [1.29, 1.82) is 0 Å². The van der Waals surface area contributed by atoms with E-state index in [1.807, 2.05) is 13.0 Å². The van der Waals surface area contributed by atoms with E-state index in [-0.39, 0.29) is 11.7 Å². The first-order valence-electron chi connectivity index (χ1n) is 10.2. The summed E-state index contributed by atoms with van der Waals surface area (Å²) in [4.78, 5) is 18.0. The molecule has 28 heavy (non-hydrogen) atoms. The summed E-state index contributed by atoms with van der Waals surface area (Å²) in [6.07, 6.45) is 3.28. The van der Waals surface area contributed by atoms with E-state index >= 15 is 0 Å². The first kappa shape index (κ1) is 20.8. The molecule has 1 aromatic heterocycles. The number of nitrogens with one attached hydrogen (secondary N) is 2. The van der Waals surface area contributed by atoms with Crippen LogP contribution < -0.4 is 10.9 Å². The van der Waals surface area contributed by atoms with E-state index in [1.54, 1.807) is 0 Å². The predicted molar refractivity (Wildman–Crippen MR) is 119 cm³/mol. The minimum Gasteiger partial charge on any atom is -0.376 e. The van der Waals surface area contributed by atoms with Crippen LogP contribution in [0, 0.1) is 13.8 Å². The lowest BCUT2D eigenvalue weighted by molar-refractivity contribution is 0.0895. The molecule has 2 atom stereocenters. The van der Waals surface area contributed by atoms with E-state index < -0.39 is 0 Å². The van der Waals surface area contributed by atoms with Crippen molar-refractivity contribution in [1.82, 2.24) is 15.2 Å². The highest BCUT2D eigenvalue weighted by Crippen LogP contribution is 2.20. The summed E-state index contributed by atoms with van der Waals surface area (Å²) < 4.78 is 5.82. The molecule has 6 heteroatoms. The third kappa shape index (κ3) is 4.73. The van der Waals surface area contributed by atoms with E-state index in [4.69, 9.17) is 17.0 Å². The molecule has 1 fully saturated rings. The highest BCUT2D eigenvalue weighted by molar-refractivity contribution is 7.80. The number of nitrogens with zero attached hydrogens (tertiary/aromatic N) is 1. The normalized spacial score (nSPS) is 17.6. The van der Waals surface area contributed by atoms with Crippen LogP contribution in [0.15, 0.2) is 23.0 Å². The largest absolute Gasteiger partial charge is 0.376 e. The van der Waals surface area contributed by atoms with Crippen molar-refractivity contribution in [2.45, 2.75) is 65.6 Å². The summed E-state index contributed by atoms with van der Waals surface area (Å²) in [6.45, 7) is 10.3. The zero-order valence-corrected chi connectivity index (χ0v) is 18.1. The molecule has 1 saturated heterocycles. The number of ether oxygens (including phenoxy) is 1. The molecule has 0 radical (unpaired) electrons. The Kier molecular flexibility index (Phi) is 6.73. The Morgan fingerprint density at radius 1 is 1.43 bits per heavy atom. The maximum absolute atomic E-state index is 12.8. The fourth-order valence-corrected chi connectivity index (χ4v) is 3.89. The monoisotopic (exact) mass is 401 g/mol. The lowest BCUT2D eigenvalue weighted by Gasteiger charge is -2.29. The molecular formula is C22H31N3O2S. The molecule has 0 unspecified atom stereocenters. The first-order chi connectivity index (χ1) is 13.4. The molecule has 152 valence electrons. The number of rotatable bonds is 6. The van der Waals surface area contributed by atoms with Crippen LogP contribution in [-0.4, -0.2) is 40.3 Å². The van der Waals surface area contributed by atoms with Crippen molar-refractivity contribution in [3.8, 4) is 0 Å². The van der Waals surface area contributed by atoms with Crippen LogP contribution >= 0.6 is 12.2 Å². The van der Waals surface area contributed by atoms with Crippen LogP contribution in [0.4, 0.5) is 0 Å². The number of pyridine rings is 1. The molecule has 0 spiro atoms. The minimum atomic E-state index is -0.0510. The zero-order valence-electron chi connectivity index (χ0n) is 17.3. The van der Waals surface area contributed by atoms with Gasteiger partial charge >= 0.3 is 0 Å². The van der Waals surface area contributed by atoms with Gasteiger partial charge in [0.05, 0.1) is 18.2 Å². The average Bonchev–Trinajstić information content (AvgIpc) is 3.18. The van der Waals surface area contributed by atoms with E-state index in [0.717, 1.165) is 47.9 Å². The number of H-pyrrole nitrogens is 1. The fourth-order valence-electron chi connectivity index (χ4n) is 3.55. The summed E-state index contributed by atoms with van der Waals surface area (Å²) in [5.74, 6) is 0. The Morgan fingerprint density at radius 2 is 2.21 bits per heavy atom. The van der Waals surface area contributed by atoms with Crippen LogP contribution in [0.1, 0.15) is 49.8 Å². The quantitative estimate of drug-likeness (QED) is 0.721. The van der Waals surface area contributed by atoms with Gasteiger partial charge in [-0.25, -0.2) is 0 Å². The highest BCUT2D eigenvalue weighted by atomic mass is 32.1. The SMILES string of the molecule is CC[C@@H](C)NC(=S)N(Cc1cc2ccc(C)c(C)c2[nH]c1=O)C[C@@H]1CCCO1. The lowest BCUT2D eigenvalue weighted by Crippen LogP contribution is -2.46. The molecule has 0 saturated carbocycles. The molecule has 2 N–H and O–H groups in total. The Hall–Kier alpha value is -1.92. The molecule has 2 aromatic rings. The molecule has 5 nitrogen and oxygen atoms in total. The van der Waals surface area contributed by atoms with Gasteiger partial charge in [-0.2, -0.15) is 0 Å². The first-order valence-corrected chi connectivity index (χ1v) is 10.6. The topological polar surface area (TPSA) is 57.4 Å². The number of fused-ring (bicyclic) bond motifs is 1. The Labute approximate surface area is 172 Å². The number of aryl methyl sites for hydroxylation is 2. The molecule has 1 aromatic carbocycles. The van der Waals surface area contributed by atoms with Crippen LogP contribution in [-0.2, 0) is 11.3 Å². The Morgan fingerprint density at radius 3 is 2.89 bits per heavy atom. The van der Waals surface area contributed by atoms with E-state index in [9.17, 15) is 4.79 Å². The second-order valence-corrected chi connectivity index (χ2v) is 8.26. The van der Waals surface area contributed by atoms with Gasteiger partial charge in [0, 0.05) is 24.8 Å². The number of benzene rings is 1. The number of hydrogen-bond donors (Lipinski definition) is 2. The van der Waals surface area contributed by atoms with Gasteiger partial charge in [0.25, 0.3) is 5.56 Å². The van der Waals surface area contributed by atoms with Crippen molar-refractivity contribution < 1.29 is 4.74 Å². The molecule has 1 aliphatic rings. The van der Waals surface area contributed by atoms with Gasteiger partial charge in [-0.3, -0.25) is 4.79 Å². The number of hydrogen-bond acceptors (Lipinski definition) is 3. The molecule has 3 rings (SSSR count). The molecule has 0 aliphatic carbocycles. The number of thiocarbonyl (C=S) groups is 1. The van der Waals surface area contributed by atoms with Gasteiger partial charge in [-0.1, -0.05) is 19.1 Å². The third-order valence-electron chi connectivity index (χ3n) is 5.71. The zero-order chi connectivity index (χ0) is 20.3. The van der Waals surface area contributed by atoms with Crippen LogP contribution in [0.2, 0.25) is 0 Å². The number of aromatic amines is 1. The van der Waals surface area contributed by atoms with Crippen LogP contribution in [0.5, 0.6) is 0 Å². The lowest BCUT2D eigenvalue weighted by atomic mass is 10.0.